The summed E-state index contributed by atoms with van der Waals surface area (Å²) in [7, 11) is 4.14. The molecule has 4 aliphatic carbocycles. The molecule has 0 aromatic heterocycles. The molecule has 2 saturated carbocycles. The molecule has 4 aliphatic rings. The van der Waals surface area contributed by atoms with E-state index >= 15 is 0 Å². The summed E-state index contributed by atoms with van der Waals surface area (Å²) in [6.45, 7) is 4.15. The number of benzene rings is 1. The molecule has 0 heterocycles. The van der Waals surface area contributed by atoms with Crippen LogP contribution >= 0.6 is 0 Å². The molecule has 3 nitrogen and oxygen atoms in total. The van der Waals surface area contributed by atoms with Crippen LogP contribution in [0.15, 0.2) is 47.1 Å². The van der Waals surface area contributed by atoms with E-state index < -0.39 is 5.60 Å². The van der Waals surface area contributed by atoms with Crippen LogP contribution in [0.2, 0.25) is 0 Å². The Morgan fingerprint density at radius 3 is 2.53 bits per heavy atom. The standard InChI is InChI=1S/C29H35NO2/c1-5-15-29(32)16-14-26-24-12-8-20-17-22(31)11-13-23(20)27(24)25(18-28(26,29)2)19-6-9-21(10-7-19)30(3)4/h6-7,9-10,17,24-26,32H,8,11-14,16,18H2,1-4H3/t24-,25+,26?,28-,29-/m0/s1. The number of carbonyl (C=O) groups excluding carboxylic acids is 1. The Morgan fingerprint density at radius 2 is 1.84 bits per heavy atom. The van der Waals surface area contributed by atoms with Crippen molar-refractivity contribution in [1.82, 2.24) is 0 Å². The maximum absolute atomic E-state index is 12.2. The maximum Gasteiger partial charge on any atom is 0.156 e. The van der Waals surface area contributed by atoms with Gasteiger partial charge in [0.05, 0.1) is 0 Å². The van der Waals surface area contributed by atoms with E-state index in [2.05, 4.69) is 62.0 Å². The van der Waals surface area contributed by atoms with Crippen LogP contribution < -0.4 is 4.90 Å². The Balaban J connectivity index is 1.67. The van der Waals surface area contributed by atoms with E-state index in [-0.39, 0.29) is 17.1 Å². The van der Waals surface area contributed by atoms with Gasteiger partial charge in [0.1, 0.15) is 5.60 Å². The van der Waals surface area contributed by atoms with Crippen LogP contribution in [-0.2, 0) is 4.79 Å². The number of fused-ring (bicyclic) bond motifs is 4. The number of aliphatic hydroxyl groups is 1. The second-order valence-corrected chi connectivity index (χ2v) is 10.8. The van der Waals surface area contributed by atoms with Crippen LogP contribution in [0, 0.1) is 29.1 Å². The number of carbonyl (C=O) groups is 1. The van der Waals surface area contributed by atoms with Gasteiger partial charge in [0, 0.05) is 37.5 Å². The molecule has 2 fully saturated rings. The van der Waals surface area contributed by atoms with E-state index in [0.717, 1.165) is 38.5 Å². The summed E-state index contributed by atoms with van der Waals surface area (Å²) >= 11 is 0. The fourth-order valence-corrected chi connectivity index (χ4v) is 7.38. The first-order valence-corrected chi connectivity index (χ1v) is 12.2. The van der Waals surface area contributed by atoms with E-state index in [1.807, 2.05) is 13.0 Å². The molecule has 32 heavy (non-hydrogen) atoms. The number of ketones is 1. The zero-order valence-electron chi connectivity index (χ0n) is 19.9. The molecule has 1 N–H and O–H groups in total. The molecule has 0 saturated heterocycles. The Kier molecular flexibility index (Phi) is 5.13. The smallest absolute Gasteiger partial charge is 0.156 e. The second-order valence-electron chi connectivity index (χ2n) is 10.8. The summed E-state index contributed by atoms with van der Waals surface area (Å²) in [4.78, 5) is 14.3. The van der Waals surface area contributed by atoms with Crippen molar-refractivity contribution in [2.24, 2.45) is 17.3 Å². The lowest BCUT2D eigenvalue weighted by atomic mass is 9.51. The summed E-state index contributed by atoms with van der Waals surface area (Å²) in [5, 5.41) is 11.7. The molecule has 1 unspecified atom stereocenters. The van der Waals surface area contributed by atoms with Crippen molar-refractivity contribution in [3.63, 3.8) is 0 Å². The van der Waals surface area contributed by atoms with E-state index in [0.29, 0.717) is 18.3 Å². The Labute approximate surface area is 192 Å². The minimum Gasteiger partial charge on any atom is -0.378 e. The molecule has 0 radical (unpaired) electrons. The topological polar surface area (TPSA) is 40.5 Å². The minimum absolute atomic E-state index is 0.221. The zero-order chi connectivity index (χ0) is 22.7. The second kappa shape index (κ2) is 7.63. The van der Waals surface area contributed by atoms with E-state index in [9.17, 15) is 9.90 Å². The largest absolute Gasteiger partial charge is 0.378 e. The fourth-order valence-electron chi connectivity index (χ4n) is 7.38. The van der Waals surface area contributed by atoms with Gasteiger partial charge in [0.2, 0.25) is 0 Å². The van der Waals surface area contributed by atoms with Gasteiger partial charge in [-0.25, -0.2) is 0 Å². The van der Waals surface area contributed by atoms with Crippen LogP contribution in [0.3, 0.4) is 0 Å². The number of hydrogen-bond donors (Lipinski definition) is 1. The molecule has 168 valence electrons. The molecular formula is C29H35NO2. The predicted octanol–water partition coefficient (Wildman–Crippen LogP) is 5.41. The van der Waals surface area contributed by atoms with Gasteiger partial charge >= 0.3 is 0 Å². The number of anilines is 1. The minimum atomic E-state index is -0.914. The Bertz CT molecular complexity index is 1070. The SMILES string of the molecule is CC#C[C@]1(O)CCC2[C@@H]3CCC4=CC(=O)CCC4=C3[C@@H](c3ccc(N(C)C)cc3)C[C@@]21C. The summed E-state index contributed by atoms with van der Waals surface area (Å²) in [5.41, 5.74) is 5.71. The number of rotatable bonds is 2. The fraction of sp³-hybridized carbons (Fsp3) is 0.552. The van der Waals surface area contributed by atoms with Gasteiger partial charge in [-0.3, -0.25) is 4.79 Å². The normalized spacial score (nSPS) is 35.8. The molecule has 3 heteroatoms. The van der Waals surface area contributed by atoms with Gasteiger partial charge in [-0.05, 0) is 92.2 Å². The summed E-state index contributed by atoms with van der Waals surface area (Å²) in [6, 6.07) is 8.97. The molecule has 1 aromatic rings. The zero-order valence-corrected chi connectivity index (χ0v) is 19.9. The van der Waals surface area contributed by atoms with Crippen molar-refractivity contribution in [2.45, 2.75) is 70.3 Å². The molecule has 1 aromatic carbocycles. The number of hydrogen-bond acceptors (Lipinski definition) is 3. The van der Waals surface area contributed by atoms with Crippen molar-refractivity contribution in [3.05, 3.63) is 52.6 Å². The molecular weight excluding hydrogens is 394 g/mol. The first kappa shape index (κ1) is 21.5. The summed E-state index contributed by atoms with van der Waals surface area (Å²) in [6.07, 6.45) is 8.23. The Hall–Kier alpha value is -2.31. The summed E-state index contributed by atoms with van der Waals surface area (Å²) < 4.78 is 0. The van der Waals surface area contributed by atoms with Crippen molar-refractivity contribution in [3.8, 4) is 11.8 Å². The quantitative estimate of drug-likeness (QED) is 0.640. The highest BCUT2D eigenvalue weighted by atomic mass is 16.3. The van der Waals surface area contributed by atoms with E-state index in [1.54, 1.807) is 5.57 Å². The first-order chi connectivity index (χ1) is 15.3. The molecule has 0 spiro atoms. The molecule has 0 amide bonds. The third kappa shape index (κ3) is 3.11. The van der Waals surface area contributed by atoms with Gasteiger partial charge in [-0.15, -0.1) is 5.92 Å². The van der Waals surface area contributed by atoms with Gasteiger partial charge in [0.25, 0.3) is 0 Å². The molecule has 5 atom stereocenters. The number of allylic oxidation sites excluding steroid dienone is 4. The van der Waals surface area contributed by atoms with Crippen LogP contribution in [0.5, 0.6) is 0 Å². The average molecular weight is 430 g/mol. The van der Waals surface area contributed by atoms with E-state index in [4.69, 9.17) is 0 Å². The highest BCUT2D eigenvalue weighted by Gasteiger charge is 2.62. The summed E-state index contributed by atoms with van der Waals surface area (Å²) in [5.74, 6) is 7.76. The van der Waals surface area contributed by atoms with Crippen molar-refractivity contribution in [1.29, 1.82) is 0 Å². The lowest BCUT2D eigenvalue weighted by Gasteiger charge is -2.53. The van der Waals surface area contributed by atoms with Gasteiger partial charge in [0.15, 0.2) is 5.78 Å². The van der Waals surface area contributed by atoms with Crippen molar-refractivity contribution >= 4 is 11.5 Å². The van der Waals surface area contributed by atoms with Gasteiger partial charge in [-0.2, -0.15) is 0 Å². The Morgan fingerprint density at radius 1 is 1.09 bits per heavy atom. The van der Waals surface area contributed by atoms with E-state index in [1.165, 1.54) is 22.4 Å². The molecule has 5 rings (SSSR count). The highest BCUT2D eigenvalue weighted by Crippen LogP contribution is 2.66. The van der Waals surface area contributed by atoms with Crippen LogP contribution in [0.4, 0.5) is 5.69 Å². The van der Waals surface area contributed by atoms with Crippen molar-refractivity contribution in [2.75, 3.05) is 19.0 Å². The van der Waals surface area contributed by atoms with Crippen LogP contribution in [0.25, 0.3) is 0 Å². The first-order valence-electron chi connectivity index (χ1n) is 12.2. The highest BCUT2D eigenvalue weighted by molar-refractivity contribution is 5.93. The molecule has 0 bridgehead atoms. The lowest BCUT2D eigenvalue weighted by Crippen LogP contribution is -2.51. The predicted molar refractivity (Wildman–Crippen MR) is 129 cm³/mol. The maximum atomic E-state index is 12.2. The van der Waals surface area contributed by atoms with Crippen molar-refractivity contribution < 1.29 is 9.90 Å². The van der Waals surface area contributed by atoms with Crippen LogP contribution in [0.1, 0.15) is 70.3 Å². The third-order valence-electron chi connectivity index (χ3n) is 9.03. The third-order valence-corrected chi connectivity index (χ3v) is 9.03. The lowest BCUT2D eigenvalue weighted by molar-refractivity contribution is -0.114. The van der Waals surface area contributed by atoms with Gasteiger partial charge in [-0.1, -0.05) is 30.6 Å². The average Bonchev–Trinajstić information content (AvgIpc) is 3.03. The number of nitrogens with zero attached hydrogens (tertiary/aromatic N) is 1. The van der Waals surface area contributed by atoms with Gasteiger partial charge < -0.3 is 10.0 Å². The molecule has 0 aliphatic heterocycles. The monoisotopic (exact) mass is 429 g/mol. The van der Waals surface area contributed by atoms with Crippen LogP contribution in [-0.4, -0.2) is 30.6 Å².